The Morgan fingerprint density at radius 2 is 1.96 bits per heavy atom. The van der Waals surface area contributed by atoms with E-state index in [1.807, 2.05) is 28.5 Å². The van der Waals surface area contributed by atoms with Crippen LogP contribution in [0.15, 0.2) is 41.8 Å². The molecule has 0 N–H and O–H groups in total. The van der Waals surface area contributed by atoms with Gasteiger partial charge in [0, 0.05) is 49.1 Å². The van der Waals surface area contributed by atoms with Gasteiger partial charge in [-0.15, -0.1) is 11.3 Å². The molecule has 0 radical (unpaired) electrons. The Balaban J connectivity index is 1.37. The molecular formula is C19H22N2O2S. The van der Waals surface area contributed by atoms with E-state index in [0.717, 1.165) is 49.8 Å². The van der Waals surface area contributed by atoms with Gasteiger partial charge < -0.3 is 9.64 Å². The molecule has 126 valence electrons. The van der Waals surface area contributed by atoms with Crippen LogP contribution in [0.5, 0.6) is 5.75 Å². The SMILES string of the molecule is O=C(Cc1cccs1)N1CCN(C2CCOc3ccccc32)CC1. The minimum absolute atomic E-state index is 0.254. The monoisotopic (exact) mass is 342 g/mol. The highest BCUT2D eigenvalue weighted by Gasteiger charge is 2.30. The number of fused-ring (bicyclic) bond motifs is 1. The van der Waals surface area contributed by atoms with Crippen LogP contribution >= 0.6 is 11.3 Å². The average molecular weight is 342 g/mol. The average Bonchev–Trinajstić information content (AvgIpc) is 3.14. The van der Waals surface area contributed by atoms with Crippen LogP contribution in [-0.2, 0) is 11.2 Å². The molecule has 4 nitrogen and oxygen atoms in total. The van der Waals surface area contributed by atoms with Crippen molar-refractivity contribution in [3.05, 3.63) is 52.2 Å². The highest BCUT2D eigenvalue weighted by Crippen LogP contribution is 2.36. The van der Waals surface area contributed by atoms with Crippen LogP contribution in [0.1, 0.15) is 22.9 Å². The van der Waals surface area contributed by atoms with Crippen LogP contribution in [0, 0.1) is 0 Å². The van der Waals surface area contributed by atoms with Crippen LogP contribution in [-0.4, -0.2) is 48.5 Å². The van der Waals surface area contributed by atoms with Crippen molar-refractivity contribution in [2.45, 2.75) is 18.9 Å². The predicted octanol–water partition coefficient (Wildman–Crippen LogP) is 2.96. The Kier molecular flexibility index (Phi) is 4.54. The van der Waals surface area contributed by atoms with Gasteiger partial charge in [0.25, 0.3) is 0 Å². The van der Waals surface area contributed by atoms with Crippen LogP contribution in [0.2, 0.25) is 0 Å². The Labute approximate surface area is 146 Å². The quantitative estimate of drug-likeness (QED) is 0.860. The maximum Gasteiger partial charge on any atom is 0.227 e. The van der Waals surface area contributed by atoms with E-state index in [1.165, 1.54) is 5.56 Å². The summed E-state index contributed by atoms with van der Waals surface area (Å²) in [6, 6.07) is 12.8. The highest BCUT2D eigenvalue weighted by atomic mass is 32.1. The lowest BCUT2D eigenvalue weighted by molar-refractivity contribution is -0.132. The molecule has 0 aliphatic carbocycles. The zero-order chi connectivity index (χ0) is 16.4. The minimum Gasteiger partial charge on any atom is -0.493 e. The van der Waals surface area contributed by atoms with Crippen molar-refractivity contribution in [1.82, 2.24) is 9.80 Å². The highest BCUT2D eigenvalue weighted by molar-refractivity contribution is 7.10. The molecule has 2 aromatic rings. The Hall–Kier alpha value is -1.85. The molecule has 1 aromatic heterocycles. The van der Waals surface area contributed by atoms with Crippen molar-refractivity contribution in [1.29, 1.82) is 0 Å². The summed E-state index contributed by atoms with van der Waals surface area (Å²) in [6.45, 7) is 4.30. The summed E-state index contributed by atoms with van der Waals surface area (Å²) in [6.07, 6.45) is 1.57. The van der Waals surface area contributed by atoms with E-state index in [4.69, 9.17) is 4.74 Å². The topological polar surface area (TPSA) is 32.8 Å². The second kappa shape index (κ2) is 6.95. The fourth-order valence-corrected chi connectivity index (χ4v) is 4.36. The molecule has 3 heterocycles. The molecule has 4 rings (SSSR count). The fourth-order valence-electron chi connectivity index (χ4n) is 3.66. The molecule has 2 aliphatic heterocycles. The fraction of sp³-hybridized carbons (Fsp3) is 0.421. The van der Waals surface area contributed by atoms with E-state index in [1.54, 1.807) is 11.3 Å². The van der Waals surface area contributed by atoms with Gasteiger partial charge in [-0.2, -0.15) is 0 Å². The van der Waals surface area contributed by atoms with Crippen molar-refractivity contribution in [2.24, 2.45) is 0 Å². The molecule has 1 saturated heterocycles. The summed E-state index contributed by atoms with van der Waals surface area (Å²) in [5.74, 6) is 1.27. The van der Waals surface area contributed by atoms with Crippen LogP contribution in [0.25, 0.3) is 0 Å². The summed E-state index contributed by atoms with van der Waals surface area (Å²) in [4.78, 5) is 18.1. The number of hydrogen-bond donors (Lipinski definition) is 0. The van der Waals surface area contributed by atoms with Gasteiger partial charge in [-0.25, -0.2) is 0 Å². The third kappa shape index (κ3) is 3.19. The van der Waals surface area contributed by atoms with Crippen LogP contribution in [0.3, 0.4) is 0 Å². The maximum atomic E-state index is 12.4. The molecule has 1 aromatic carbocycles. The summed E-state index contributed by atoms with van der Waals surface area (Å²) in [5, 5.41) is 2.03. The van der Waals surface area contributed by atoms with Gasteiger partial charge in [0.2, 0.25) is 5.91 Å². The van der Waals surface area contributed by atoms with E-state index >= 15 is 0 Å². The van der Waals surface area contributed by atoms with Gasteiger partial charge in [-0.1, -0.05) is 24.3 Å². The number of thiophene rings is 1. The molecular weight excluding hydrogens is 320 g/mol. The van der Waals surface area contributed by atoms with Gasteiger partial charge in [-0.3, -0.25) is 9.69 Å². The molecule has 1 amide bonds. The number of amides is 1. The number of carbonyl (C=O) groups excluding carboxylic acids is 1. The number of hydrogen-bond acceptors (Lipinski definition) is 4. The van der Waals surface area contributed by atoms with Crippen LogP contribution < -0.4 is 4.74 Å². The van der Waals surface area contributed by atoms with Crippen molar-refractivity contribution in [2.75, 3.05) is 32.8 Å². The first-order valence-corrected chi connectivity index (χ1v) is 9.45. The largest absolute Gasteiger partial charge is 0.493 e. The standard InChI is InChI=1S/C19H22N2O2S/c22-19(14-15-4-3-13-24-15)21-10-8-20(9-11-21)17-7-12-23-18-6-2-1-5-16(17)18/h1-6,13,17H,7-12,14H2. The lowest BCUT2D eigenvalue weighted by atomic mass is 9.98. The number of benzene rings is 1. The lowest BCUT2D eigenvalue weighted by Gasteiger charge is -2.41. The zero-order valence-corrected chi connectivity index (χ0v) is 14.5. The van der Waals surface area contributed by atoms with E-state index in [2.05, 4.69) is 23.1 Å². The van der Waals surface area contributed by atoms with Crippen LogP contribution in [0.4, 0.5) is 0 Å². The first kappa shape index (κ1) is 15.7. The van der Waals surface area contributed by atoms with Gasteiger partial charge in [0.05, 0.1) is 13.0 Å². The minimum atomic E-state index is 0.254. The predicted molar refractivity (Wildman–Crippen MR) is 95.5 cm³/mol. The number of rotatable bonds is 3. The summed E-state index contributed by atoms with van der Waals surface area (Å²) >= 11 is 1.66. The second-order valence-electron chi connectivity index (χ2n) is 6.36. The molecule has 0 saturated carbocycles. The van der Waals surface area contributed by atoms with E-state index in [0.29, 0.717) is 12.5 Å². The lowest BCUT2D eigenvalue weighted by Crippen LogP contribution is -2.50. The maximum absolute atomic E-state index is 12.4. The number of piperazine rings is 1. The number of nitrogens with zero attached hydrogens (tertiary/aromatic N) is 2. The third-order valence-corrected chi connectivity index (χ3v) is 5.82. The number of ether oxygens (including phenoxy) is 1. The number of para-hydroxylation sites is 1. The molecule has 2 aliphatic rings. The number of carbonyl (C=O) groups is 1. The van der Waals surface area contributed by atoms with E-state index < -0.39 is 0 Å². The Morgan fingerprint density at radius 1 is 1.12 bits per heavy atom. The summed E-state index contributed by atoms with van der Waals surface area (Å²) < 4.78 is 5.77. The molecule has 1 fully saturated rings. The molecule has 1 atom stereocenters. The first-order chi connectivity index (χ1) is 11.8. The zero-order valence-electron chi connectivity index (χ0n) is 13.7. The van der Waals surface area contributed by atoms with E-state index in [9.17, 15) is 4.79 Å². The molecule has 5 heteroatoms. The molecule has 0 spiro atoms. The first-order valence-electron chi connectivity index (χ1n) is 8.57. The summed E-state index contributed by atoms with van der Waals surface area (Å²) in [7, 11) is 0. The van der Waals surface area contributed by atoms with Gasteiger partial charge in [0.1, 0.15) is 5.75 Å². The van der Waals surface area contributed by atoms with E-state index in [-0.39, 0.29) is 5.91 Å². The molecule has 1 unspecified atom stereocenters. The molecule has 24 heavy (non-hydrogen) atoms. The summed E-state index contributed by atoms with van der Waals surface area (Å²) in [5.41, 5.74) is 1.29. The van der Waals surface area contributed by atoms with Crippen molar-refractivity contribution < 1.29 is 9.53 Å². The van der Waals surface area contributed by atoms with Gasteiger partial charge in [-0.05, 0) is 17.5 Å². The molecule has 0 bridgehead atoms. The Bertz CT molecular complexity index is 693. The van der Waals surface area contributed by atoms with Crippen molar-refractivity contribution >= 4 is 17.2 Å². The van der Waals surface area contributed by atoms with Crippen molar-refractivity contribution in [3.8, 4) is 5.75 Å². The Morgan fingerprint density at radius 3 is 2.75 bits per heavy atom. The second-order valence-corrected chi connectivity index (χ2v) is 7.40. The third-order valence-electron chi connectivity index (χ3n) is 4.94. The normalized spacial score (nSPS) is 21.2. The van der Waals surface area contributed by atoms with Crippen molar-refractivity contribution in [3.63, 3.8) is 0 Å². The van der Waals surface area contributed by atoms with Gasteiger partial charge in [0.15, 0.2) is 0 Å². The van der Waals surface area contributed by atoms with Gasteiger partial charge >= 0.3 is 0 Å². The smallest absolute Gasteiger partial charge is 0.227 e.